The minimum absolute atomic E-state index is 0. The first-order chi connectivity index (χ1) is 9.26. The van der Waals surface area contributed by atoms with Gasteiger partial charge in [0.05, 0.1) is 11.6 Å². The quantitative estimate of drug-likeness (QED) is 0.930. The van der Waals surface area contributed by atoms with Gasteiger partial charge in [0.1, 0.15) is 0 Å². The molecule has 2 rings (SSSR count). The number of carbonyl (C=O) groups excluding carboxylic acids is 1. The molecule has 1 saturated heterocycles. The van der Waals surface area contributed by atoms with Gasteiger partial charge < -0.3 is 10.6 Å². The van der Waals surface area contributed by atoms with Crippen molar-refractivity contribution in [2.45, 2.75) is 31.7 Å². The molecule has 1 atom stereocenters. The van der Waals surface area contributed by atoms with Crippen LogP contribution in [-0.4, -0.2) is 29.9 Å². The second kappa shape index (κ2) is 7.88. The maximum absolute atomic E-state index is 12.5. The van der Waals surface area contributed by atoms with Gasteiger partial charge >= 0.3 is 0 Å². The first-order valence-corrected chi connectivity index (χ1v) is 6.77. The van der Waals surface area contributed by atoms with Crippen LogP contribution < -0.4 is 5.73 Å². The highest BCUT2D eigenvalue weighted by atomic mass is 35.5. The molecule has 4 nitrogen and oxygen atoms in total. The molecule has 0 spiro atoms. The van der Waals surface area contributed by atoms with Crippen molar-refractivity contribution in [1.29, 1.82) is 5.26 Å². The van der Waals surface area contributed by atoms with Crippen molar-refractivity contribution >= 4 is 18.3 Å². The molecule has 1 amide bonds. The van der Waals surface area contributed by atoms with Gasteiger partial charge in [0, 0.05) is 18.2 Å². The Morgan fingerprint density at radius 2 is 2.05 bits per heavy atom. The summed E-state index contributed by atoms with van der Waals surface area (Å²) >= 11 is 0. The van der Waals surface area contributed by atoms with Gasteiger partial charge in [-0.1, -0.05) is 0 Å². The maximum Gasteiger partial charge on any atom is 0.254 e. The first kappa shape index (κ1) is 16.5. The van der Waals surface area contributed by atoms with Gasteiger partial charge in [0.15, 0.2) is 0 Å². The van der Waals surface area contributed by atoms with E-state index in [2.05, 4.69) is 6.07 Å². The van der Waals surface area contributed by atoms with Crippen molar-refractivity contribution in [2.24, 2.45) is 5.73 Å². The zero-order valence-corrected chi connectivity index (χ0v) is 12.2. The van der Waals surface area contributed by atoms with Crippen LogP contribution in [0.3, 0.4) is 0 Å². The summed E-state index contributed by atoms with van der Waals surface area (Å²) in [5.41, 5.74) is 6.86. The number of benzene rings is 1. The van der Waals surface area contributed by atoms with Crippen LogP contribution in [0.1, 0.15) is 41.6 Å². The van der Waals surface area contributed by atoms with Crippen molar-refractivity contribution in [3.05, 3.63) is 35.4 Å². The number of carbonyl (C=O) groups is 1. The second-order valence-corrected chi connectivity index (χ2v) is 4.91. The highest BCUT2D eigenvalue weighted by molar-refractivity contribution is 5.94. The van der Waals surface area contributed by atoms with E-state index in [1.165, 1.54) is 6.42 Å². The Morgan fingerprint density at radius 1 is 1.35 bits per heavy atom. The Hall–Kier alpha value is -1.57. The maximum atomic E-state index is 12.5. The molecular formula is C15H20ClN3O. The molecule has 2 N–H and O–H groups in total. The van der Waals surface area contributed by atoms with Crippen molar-refractivity contribution in [3.8, 4) is 6.07 Å². The van der Waals surface area contributed by atoms with Crippen LogP contribution in [0.2, 0.25) is 0 Å². The number of halogens is 1. The van der Waals surface area contributed by atoms with Gasteiger partial charge in [0.2, 0.25) is 0 Å². The van der Waals surface area contributed by atoms with Crippen molar-refractivity contribution < 1.29 is 4.79 Å². The van der Waals surface area contributed by atoms with E-state index >= 15 is 0 Å². The van der Waals surface area contributed by atoms with Crippen molar-refractivity contribution in [1.82, 2.24) is 4.90 Å². The van der Waals surface area contributed by atoms with Gasteiger partial charge in [0.25, 0.3) is 5.91 Å². The van der Waals surface area contributed by atoms with Crippen LogP contribution in [-0.2, 0) is 0 Å². The highest BCUT2D eigenvalue weighted by Crippen LogP contribution is 2.21. The molecule has 1 unspecified atom stereocenters. The lowest BCUT2D eigenvalue weighted by atomic mass is 9.98. The minimum Gasteiger partial charge on any atom is -0.336 e. The molecule has 108 valence electrons. The Kier molecular flexibility index (Phi) is 6.50. The number of nitriles is 1. The molecule has 0 saturated carbocycles. The molecule has 0 radical (unpaired) electrons. The van der Waals surface area contributed by atoms with E-state index in [0.717, 1.165) is 25.8 Å². The Bertz CT molecular complexity index is 479. The number of amides is 1. The van der Waals surface area contributed by atoms with Crippen LogP contribution in [0.25, 0.3) is 0 Å². The molecule has 0 aliphatic carbocycles. The number of likely N-dealkylation sites (tertiary alicyclic amines) is 1. The lowest BCUT2D eigenvalue weighted by Gasteiger charge is -2.35. The van der Waals surface area contributed by atoms with Crippen molar-refractivity contribution in [2.75, 3.05) is 13.1 Å². The molecule has 1 aliphatic rings. The number of rotatable bonds is 3. The normalized spacial score (nSPS) is 18.0. The van der Waals surface area contributed by atoms with E-state index in [4.69, 9.17) is 11.0 Å². The molecule has 1 aromatic rings. The zero-order chi connectivity index (χ0) is 13.7. The second-order valence-electron chi connectivity index (χ2n) is 4.91. The van der Waals surface area contributed by atoms with E-state index in [-0.39, 0.29) is 24.4 Å². The molecular weight excluding hydrogens is 274 g/mol. The largest absolute Gasteiger partial charge is 0.336 e. The Labute approximate surface area is 126 Å². The number of nitrogens with zero attached hydrogens (tertiary/aromatic N) is 2. The number of hydrogen-bond donors (Lipinski definition) is 1. The highest BCUT2D eigenvalue weighted by Gasteiger charge is 2.26. The third kappa shape index (κ3) is 3.72. The van der Waals surface area contributed by atoms with Crippen LogP contribution in [0.5, 0.6) is 0 Å². The average molecular weight is 294 g/mol. The van der Waals surface area contributed by atoms with Crippen LogP contribution in [0.15, 0.2) is 24.3 Å². The average Bonchev–Trinajstić information content (AvgIpc) is 2.47. The van der Waals surface area contributed by atoms with E-state index in [0.29, 0.717) is 17.7 Å². The Balaban J connectivity index is 0.00000200. The van der Waals surface area contributed by atoms with Gasteiger partial charge in [-0.3, -0.25) is 4.79 Å². The van der Waals surface area contributed by atoms with Gasteiger partial charge in [-0.05, 0) is 56.5 Å². The summed E-state index contributed by atoms with van der Waals surface area (Å²) in [6.07, 6.45) is 4.13. The van der Waals surface area contributed by atoms with E-state index in [9.17, 15) is 4.79 Å². The molecule has 1 aromatic carbocycles. The van der Waals surface area contributed by atoms with E-state index < -0.39 is 0 Å². The standard InChI is InChI=1S/C15H19N3O.ClH/c16-9-8-14-3-1-2-10-18(14)15(19)13-6-4-12(11-17)5-7-13;/h4-7,14H,1-3,8-10,16H2;1H. The number of piperidine rings is 1. The number of nitrogens with two attached hydrogens (primary N) is 1. The SMILES string of the molecule is Cl.N#Cc1ccc(C(=O)N2CCCCC2CCN)cc1. The summed E-state index contributed by atoms with van der Waals surface area (Å²) in [4.78, 5) is 14.4. The van der Waals surface area contributed by atoms with Crippen LogP contribution in [0.4, 0.5) is 0 Å². The van der Waals surface area contributed by atoms with E-state index in [1.54, 1.807) is 24.3 Å². The molecule has 1 heterocycles. The van der Waals surface area contributed by atoms with Gasteiger partial charge in [-0.2, -0.15) is 5.26 Å². The molecule has 1 aliphatic heterocycles. The Morgan fingerprint density at radius 3 is 2.65 bits per heavy atom. The topological polar surface area (TPSA) is 70.1 Å². The van der Waals surface area contributed by atoms with Gasteiger partial charge in [-0.25, -0.2) is 0 Å². The fraction of sp³-hybridized carbons (Fsp3) is 0.467. The lowest BCUT2D eigenvalue weighted by molar-refractivity contribution is 0.0605. The first-order valence-electron chi connectivity index (χ1n) is 6.77. The summed E-state index contributed by atoms with van der Waals surface area (Å²) in [6, 6.07) is 9.17. The molecule has 5 heteroatoms. The third-order valence-electron chi connectivity index (χ3n) is 3.65. The lowest BCUT2D eigenvalue weighted by Crippen LogP contribution is -2.44. The fourth-order valence-corrected chi connectivity index (χ4v) is 2.61. The predicted molar refractivity (Wildman–Crippen MR) is 80.8 cm³/mol. The molecule has 1 fully saturated rings. The molecule has 0 bridgehead atoms. The summed E-state index contributed by atoms with van der Waals surface area (Å²) in [7, 11) is 0. The van der Waals surface area contributed by atoms with Crippen LogP contribution >= 0.6 is 12.4 Å². The molecule has 0 aromatic heterocycles. The third-order valence-corrected chi connectivity index (χ3v) is 3.65. The summed E-state index contributed by atoms with van der Waals surface area (Å²) in [5, 5.41) is 8.77. The fourth-order valence-electron chi connectivity index (χ4n) is 2.61. The predicted octanol–water partition coefficient (Wildman–Crippen LogP) is 2.32. The number of hydrogen-bond acceptors (Lipinski definition) is 3. The summed E-state index contributed by atoms with van der Waals surface area (Å²) in [6.45, 7) is 1.42. The minimum atomic E-state index is 0. The van der Waals surface area contributed by atoms with Gasteiger partial charge in [-0.15, -0.1) is 12.4 Å². The monoisotopic (exact) mass is 293 g/mol. The zero-order valence-electron chi connectivity index (χ0n) is 11.4. The van der Waals surface area contributed by atoms with E-state index in [1.807, 2.05) is 4.90 Å². The summed E-state index contributed by atoms with van der Waals surface area (Å²) in [5.74, 6) is 0.0580. The van der Waals surface area contributed by atoms with Crippen molar-refractivity contribution in [3.63, 3.8) is 0 Å². The summed E-state index contributed by atoms with van der Waals surface area (Å²) < 4.78 is 0. The molecule has 20 heavy (non-hydrogen) atoms. The van der Waals surface area contributed by atoms with Crippen LogP contribution in [0, 0.1) is 11.3 Å². The smallest absolute Gasteiger partial charge is 0.254 e.